The highest BCUT2D eigenvalue weighted by Crippen LogP contribution is 2.31. The molecular formula is C17H9ClN3O6-. The average molecular weight is 387 g/mol. The fourth-order valence-electron chi connectivity index (χ4n) is 2.43. The van der Waals surface area contributed by atoms with E-state index in [-0.39, 0.29) is 22.6 Å². The second kappa shape index (κ2) is 6.89. The second-order valence-corrected chi connectivity index (χ2v) is 5.78. The van der Waals surface area contributed by atoms with Crippen LogP contribution in [-0.4, -0.2) is 22.7 Å². The van der Waals surface area contributed by atoms with Gasteiger partial charge in [0.2, 0.25) is 0 Å². The zero-order valence-corrected chi connectivity index (χ0v) is 14.1. The molecule has 0 aliphatic carbocycles. The number of nitrogens with zero attached hydrogens (tertiary/aromatic N) is 2. The first-order valence-corrected chi connectivity index (χ1v) is 7.79. The maximum absolute atomic E-state index is 12.6. The molecule has 10 heteroatoms. The van der Waals surface area contributed by atoms with Crippen molar-refractivity contribution in [3.8, 4) is 0 Å². The Morgan fingerprint density at radius 2 is 1.74 bits per heavy atom. The molecule has 27 heavy (non-hydrogen) atoms. The summed E-state index contributed by atoms with van der Waals surface area (Å²) in [6.07, 6.45) is 0. The van der Waals surface area contributed by atoms with Gasteiger partial charge in [-0.2, -0.15) is 0 Å². The summed E-state index contributed by atoms with van der Waals surface area (Å²) < 4.78 is 0. The highest BCUT2D eigenvalue weighted by Gasteiger charge is 2.39. The maximum Gasteiger partial charge on any atom is 0.283 e. The van der Waals surface area contributed by atoms with E-state index in [1.165, 1.54) is 42.5 Å². The third-order valence-corrected chi connectivity index (χ3v) is 4.07. The van der Waals surface area contributed by atoms with Gasteiger partial charge in [0.25, 0.3) is 17.5 Å². The molecule has 0 radical (unpaired) electrons. The van der Waals surface area contributed by atoms with E-state index in [1.54, 1.807) is 0 Å². The van der Waals surface area contributed by atoms with E-state index in [0.29, 0.717) is 10.6 Å². The molecular weight excluding hydrogens is 378 g/mol. The fraction of sp³-hybridized carbons (Fsp3) is 0. The molecule has 0 aromatic heterocycles. The minimum Gasteiger partial charge on any atom is -0.545 e. The standard InChI is InChI=1S/C17H10ClN3O6/c18-13-14(19-10-6-4-9(5-7-10)17(24)25)16(23)20(15(13)22)11-2-1-3-12(8-11)21(26)27/h1-8,19H,(H,24,25)/p-1. The second-order valence-electron chi connectivity index (χ2n) is 5.40. The third kappa shape index (κ3) is 3.35. The highest BCUT2D eigenvalue weighted by atomic mass is 35.5. The van der Waals surface area contributed by atoms with Gasteiger partial charge >= 0.3 is 0 Å². The van der Waals surface area contributed by atoms with Gasteiger partial charge in [-0.15, -0.1) is 0 Å². The molecule has 0 bridgehead atoms. The van der Waals surface area contributed by atoms with Crippen LogP contribution in [0.1, 0.15) is 10.4 Å². The van der Waals surface area contributed by atoms with Crippen molar-refractivity contribution in [2.45, 2.75) is 0 Å². The molecule has 1 aliphatic rings. The van der Waals surface area contributed by atoms with Crippen molar-refractivity contribution in [2.75, 3.05) is 10.2 Å². The summed E-state index contributed by atoms with van der Waals surface area (Å²) in [7, 11) is 0. The number of carbonyl (C=O) groups is 3. The Hall–Kier alpha value is -3.72. The number of nitro benzene ring substituents is 1. The lowest BCUT2D eigenvalue weighted by Gasteiger charge is -2.15. The molecule has 136 valence electrons. The van der Waals surface area contributed by atoms with Crippen LogP contribution in [0.5, 0.6) is 0 Å². The number of anilines is 2. The predicted octanol–water partition coefficient (Wildman–Crippen LogP) is 1.39. The number of nitrogens with one attached hydrogen (secondary N) is 1. The fourth-order valence-corrected chi connectivity index (χ4v) is 2.64. The van der Waals surface area contributed by atoms with Crippen molar-refractivity contribution >= 4 is 46.4 Å². The van der Waals surface area contributed by atoms with Crippen LogP contribution >= 0.6 is 11.6 Å². The van der Waals surface area contributed by atoms with Crippen LogP contribution in [0.4, 0.5) is 17.1 Å². The molecule has 0 saturated carbocycles. The van der Waals surface area contributed by atoms with E-state index in [0.717, 1.165) is 6.07 Å². The Kier molecular flexibility index (Phi) is 4.61. The summed E-state index contributed by atoms with van der Waals surface area (Å²) in [5.41, 5.74) is -0.262. The molecule has 2 aromatic rings. The number of rotatable bonds is 5. The number of halogens is 1. The molecule has 0 fully saturated rings. The summed E-state index contributed by atoms with van der Waals surface area (Å²) in [5.74, 6) is -2.99. The zero-order chi connectivity index (χ0) is 19.7. The van der Waals surface area contributed by atoms with Crippen molar-refractivity contribution in [1.82, 2.24) is 0 Å². The Balaban J connectivity index is 1.89. The lowest BCUT2D eigenvalue weighted by Crippen LogP contribution is -2.32. The van der Waals surface area contributed by atoms with Crippen molar-refractivity contribution in [1.29, 1.82) is 0 Å². The van der Waals surface area contributed by atoms with Crippen LogP contribution in [0.25, 0.3) is 0 Å². The van der Waals surface area contributed by atoms with Gasteiger partial charge < -0.3 is 15.2 Å². The van der Waals surface area contributed by atoms with Gasteiger partial charge in [0.1, 0.15) is 10.7 Å². The molecule has 0 spiro atoms. The van der Waals surface area contributed by atoms with Gasteiger partial charge in [-0.3, -0.25) is 19.7 Å². The van der Waals surface area contributed by atoms with Gasteiger partial charge in [0, 0.05) is 17.8 Å². The topological polar surface area (TPSA) is 133 Å². The number of amides is 2. The third-order valence-electron chi connectivity index (χ3n) is 3.72. The number of benzene rings is 2. The number of carbonyl (C=O) groups excluding carboxylic acids is 3. The summed E-state index contributed by atoms with van der Waals surface area (Å²) in [6, 6.07) is 10.3. The predicted molar refractivity (Wildman–Crippen MR) is 92.9 cm³/mol. The Bertz CT molecular complexity index is 1020. The highest BCUT2D eigenvalue weighted by molar-refractivity contribution is 6.53. The van der Waals surface area contributed by atoms with Crippen LogP contribution in [0.3, 0.4) is 0 Å². The minimum atomic E-state index is -1.36. The van der Waals surface area contributed by atoms with Crippen molar-refractivity contribution in [3.05, 3.63) is 74.9 Å². The lowest BCUT2D eigenvalue weighted by molar-refractivity contribution is -0.384. The maximum atomic E-state index is 12.6. The van der Waals surface area contributed by atoms with E-state index in [1.807, 2.05) is 0 Å². The average Bonchev–Trinajstić information content (AvgIpc) is 2.85. The molecule has 0 unspecified atom stereocenters. The van der Waals surface area contributed by atoms with E-state index in [4.69, 9.17) is 11.6 Å². The molecule has 2 aromatic carbocycles. The van der Waals surface area contributed by atoms with Gasteiger partial charge in [-0.05, 0) is 23.8 Å². The van der Waals surface area contributed by atoms with Crippen LogP contribution in [0.2, 0.25) is 0 Å². The normalized spacial score (nSPS) is 13.9. The quantitative estimate of drug-likeness (QED) is 0.466. The number of nitro groups is 1. The number of non-ortho nitro benzene ring substituents is 1. The number of carboxylic acid groups (broad SMARTS) is 1. The lowest BCUT2D eigenvalue weighted by atomic mass is 10.2. The van der Waals surface area contributed by atoms with Crippen LogP contribution in [0, 0.1) is 10.1 Å². The summed E-state index contributed by atoms with van der Waals surface area (Å²) in [5, 5.41) is 23.9. The van der Waals surface area contributed by atoms with Crippen molar-refractivity contribution in [2.24, 2.45) is 0 Å². The monoisotopic (exact) mass is 386 g/mol. The van der Waals surface area contributed by atoms with Gasteiger partial charge in [0.05, 0.1) is 16.6 Å². The minimum absolute atomic E-state index is 0.00134. The van der Waals surface area contributed by atoms with Crippen LogP contribution in [-0.2, 0) is 9.59 Å². The first kappa shape index (κ1) is 18.1. The summed E-state index contributed by atoms with van der Waals surface area (Å²) in [6.45, 7) is 0. The smallest absolute Gasteiger partial charge is 0.283 e. The van der Waals surface area contributed by atoms with E-state index in [2.05, 4.69) is 5.32 Å². The molecule has 1 N–H and O–H groups in total. The Labute approximate surface area is 156 Å². The van der Waals surface area contributed by atoms with Crippen molar-refractivity contribution < 1.29 is 24.4 Å². The number of hydrogen-bond acceptors (Lipinski definition) is 7. The Morgan fingerprint density at radius 1 is 1.07 bits per heavy atom. The number of aromatic carboxylic acids is 1. The number of hydrogen-bond donors (Lipinski definition) is 1. The molecule has 1 heterocycles. The molecule has 1 aliphatic heterocycles. The largest absolute Gasteiger partial charge is 0.545 e. The SMILES string of the molecule is O=C([O-])c1ccc(NC2=C(Cl)C(=O)N(c3cccc([N+](=O)[O-])c3)C2=O)cc1. The first-order valence-electron chi connectivity index (χ1n) is 7.41. The first-order chi connectivity index (χ1) is 12.8. The molecule has 0 atom stereocenters. The van der Waals surface area contributed by atoms with Gasteiger partial charge in [-0.1, -0.05) is 29.8 Å². The molecule has 2 amide bonds. The van der Waals surface area contributed by atoms with Crippen LogP contribution < -0.4 is 15.3 Å². The molecule has 9 nitrogen and oxygen atoms in total. The van der Waals surface area contributed by atoms with E-state index in [9.17, 15) is 29.6 Å². The van der Waals surface area contributed by atoms with Gasteiger partial charge in [0.15, 0.2) is 0 Å². The molecule has 3 rings (SSSR count). The number of imide groups is 1. The zero-order valence-electron chi connectivity index (χ0n) is 13.3. The van der Waals surface area contributed by atoms with Crippen molar-refractivity contribution in [3.63, 3.8) is 0 Å². The number of carboxylic acids is 1. The van der Waals surface area contributed by atoms with Crippen LogP contribution in [0.15, 0.2) is 59.3 Å². The summed E-state index contributed by atoms with van der Waals surface area (Å²) >= 11 is 5.97. The summed E-state index contributed by atoms with van der Waals surface area (Å²) in [4.78, 5) is 46.7. The Morgan fingerprint density at radius 3 is 2.33 bits per heavy atom. The molecule has 0 saturated heterocycles. The van der Waals surface area contributed by atoms with E-state index < -0.39 is 27.7 Å². The van der Waals surface area contributed by atoms with E-state index >= 15 is 0 Å². The van der Waals surface area contributed by atoms with Gasteiger partial charge in [-0.25, -0.2) is 4.90 Å².